The van der Waals surface area contributed by atoms with Crippen molar-refractivity contribution in [2.24, 2.45) is 4.99 Å². The van der Waals surface area contributed by atoms with Crippen LogP contribution in [0, 0.1) is 0 Å². The quantitative estimate of drug-likeness (QED) is 0.291. The molecular formula is C4H10N2O. The Labute approximate surface area is 43.3 Å². The van der Waals surface area contributed by atoms with E-state index in [0.29, 0.717) is 5.90 Å². The summed E-state index contributed by atoms with van der Waals surface area (Å²) in [6.07, 6.45) is 0. The third kappa shape index (κ3) is 3.26. The third-order valence-electron chi connectivity index (χ3n) is 0.565. The summed E-state index contributed by atoms with van der Waals surface area (Å²) >= 11 is 0. The maximum absolute atomic E-state index is 4.69. The molecule has 0 spiro atoms. The van der Waals surface area contributed by atoms with Crippen LogP contribution in [-0.4, -0.2) is 20.0 Å². The zero-order valence-corrected chi connectivity index (χ0v) is 4.86. The molecule has 3 heteroatoms. The van der Waals surface area contributed by atoms with Gasteiger partial charge in [0, 0.05) is 21.0 Å². The molecule has 0 saturated carbocycles. The molecule has 0 aliphatic carbocycles. The SMILES string of the molecule is CN=C(C)ONC. The molecule has 0 aromatic rings. The summed E-state index contributed by atoms with van der Waals surface area (Å²) in [5.41, 5.74) is 2.49. The molecular weight excluding hydrogens is 92.1 g/mol. The summed E-state index contributed by atoms with van der Waals surface area (Å²) in [5, 5.41) is 0. The summed E-state index contributed by atoms with van der Waals surface area (Å²) in [7, 11) is 3.36. The van der Waals surface area contributed by atoms with E-state index in [0.717, 1.165) is 0 Å². The average Bonchev–Trinajstić information content (AvgIpc) is 1.68. The Morgan fingerprint density at radius 1 is 1.71 bits per heavy atom. The van der Waals surface area contributed by atoms with E-state index in [1.54, 1.807) is 21.0 Å². The number of hydrogen-bond donors (Lipinski definition) is 1. The van der Waals surface area contributed by atoms with Gasteiger partial charge in [0.2, 0.25) is 5.90 Å². The number of nitrogens with one attached hydrogen (secondary N) is 1. The molecule has 0 rings (SSSR count). The number of rotatable bonds is 1. The Bertz CT molecular complexity index is 70.1. The smallest absolute Gasteiger partial charge is 0.205 e. The van der Waals surface area contributed by atoms with Crippen molar-refractivity contribution in [2.75, 3.05) is 14.1 Å². The van der Waals surface area contributed by atoms with Gasteiger partial charge in [-0.3, -0.25) is 4.99 Å². The van der Waals surface area contributed by atoms with E-state index in [4.69, 9.17) is 4.84 Å². The van der Waals surface area contributed by atoms with Crippen LogP contribution in [0.5, 0.6) is 0 Å². The molecule has 0 amide bonds. The highest BCUT2D eigenvalue weighted by molar-refractivity contribution is 5.72. The van der Waals surface area contributed by atoms with Gasteiger partial charge in [-0.05, 0) is 0 Å². The second kappa shape index (κ2) is 3.61. The van der Waals surface area contributed by atoms with Crippen LogP contribution < -0.4 is 5.48 Å². The summed E-state index contributed by atoms with van der Waals surface area (Å²) in [6.45, 7) is 1.77. The third-order valence-corrected chi connectivity index (χ3v) is 0.565. The molecule has 0 saturated heterocycles. The van der Waals surface area contributed by atoms with Gasteiger partial charge in [0.05, 0.1) is 0 Å². The normalized spacial score (nSPS) is 11.6. The van der Waals surface area contributed by atoms with Crippen molar-refractivity contribution in [2.45, 2.75) is 6.92 Å². The van der Waals surface area contributed by atoms with Gasteiger partial charge in [0.1, 0.15) is 0 Å². The molecule has 0 fully saturated rings. The second-order valence-corrected chi connectivity index (χ2v) is 1.05. The topological polar surface area (TPSA) is 33.6 Å². The molecule has 7 heavy (non-hydrogen) atoms. The largest absolute Gasteiger partial charge is 0.394 e. The standard InChI is InChI=1S/C4H10N2O/c1-4(5-2)7-6-3/h6H,1-3H3. The van der Waals surface area contributed by atoms with Crippen molar-refractivity contribution in [3.8, 4) is 0 Å². The summed E-state index contributed by atoms with van der Waals surface area (Å²) in [5.74, 6) is 0.641. The second-order valence-electron chi connectivity index (χ2n) is 1.05. The van der Waals surface area contributed by atoms with E-state index in [1.807, 2.05) is 0 Å². The lowest BCUT2D eigenvalue weighted by Gasteiger charge is -1.96. The zero-order chi connectivity index (χ0) is 5.70. The van der Waals surface area contributed by atoms with Crippen molar-refractivity contribution in [3.05, 3.63) is 0 Å². The number of nitrogens with zero attached hydrogens (tertiary/aromatic N) is 1. The molecule has 0 bridgehead atoms. The molecule has 0 aromatic carbocycles. The highest BCUT2D eigenvalue weighted by Gasteiger charge is 1.79. The Morgan fingerprint density at radius 2 is 2.29 bits per heavy atom. The van der Waals surface area contributed by atoms with Crippen LogP contribution in [0.25, 0.3) is 0 Å². The minimum Gasteiger partial charge on any atom is -0.394 e. The van der Waals surface area contributed by atoms with Crippen molar-refractivity contribution in [1.82, 2.24) is 5.48 Å². The maximum atomic E-state index is 4.69. The van der Waals surface area contributed by atoms with Crippen molar-refractivity contribution in [3.63, 3.8) is 0 Å². The number of aliphatic imine (C=N–C) groups is 1. The molecule has 1 N–H and O–H groups in total. The predicted octanol–water partition coefficient (Wildman–Crippen LogP) is 0.186. The van der Waals surface area contributed by atoms with Gasteiger partial charge in [0.15, 0.2) is 0 Å². The predicted molar refractivity (Wildman–Crippen MR) is 29.2 cm³/mol. The van der Waals surface area contributed by atoms with Crippen molar-refractivity contribution < 1.29 is 4.84 Å². The minimum absolute atomic E-state index is 0.641. The summed E-state index contributed by atoms with van der Waals surface area (Å²) in [4.78, 5) is 8.40. The molecule has 0 aromatic heterocycles. The first-order chi connectivity index (χ1) is 3.31. The van der Waals surface area contributed by atoms with Crippen LogP contribution >= 0.6 is 0 Å². The molecule has 0 heterocycles. The first kappa shape index (κ1) is 6.43. The van der Waals surface area contributed by atoms with Crippen molar-refractivity contribution in [1.29, 1.82) is 0 Å². The number of hydroxylamine groups is 1. The zero-order valence-electron chi connectivity index (χ0n) is 4.86. The lowest BCUT2D eigenvalue weighted by Crippen LogP contribution is -2.11. The van der Waals surface area contributed by atoms with Gasteiger partial charge >= 0.3 is 0 Å². The molecule has 0 aliphatic heterocycles. The highest BCUT2D eigenvalue weighted by Crippen LogP contribution is 1.70. The number of hydrogen-bond acceptors (Lipinski definition) is 3. The molecule has 0 unspecified atom stereocenters. The maximum Gasteiger partial charge on any atom is 0.205 e. The lowest BCUT2D eigenvalue weighted by atomic mass is 10.8. The highest BCUT2D eigenvalue weighted by atomic mass is 16.6. The van der Waals surface area contributed by atoms with E-state index in [-0.39, 0.29) is 0 Å². The van der Waals surface area contributed by atoms with Crippen LogP contribution in [0.1, 0.15) is 6.92 Å². The summed E-state index contributed by atoms with van der Waals surface area (Å²) in [6, 6.07) is 0. The monoisotopic (exact) mass is 102 g/mol. The van der Waals surface area contributed by atoms with E-state index in [1.165, 1.54) is 0 Å². The fourth-order valence-corrected chi connectivity index (χ4v) is 0.193. The van der Waals surface area contributed by atoms with Gasteiger partial charge in [-0.2, -0.15) is 5.48 Å². The fraction of sp³-hybridized carbons (Fsp3) is 0.750. The van der Waals surface area contributed by atoms with Crippen LogP contribution in [0.2, 0.25) is 0 Å². The van der Waals surface area contributed by atoms with Gasteiger partial charge < -0.3 is 4.84 Å². The van der Waals surface area contributed by atoms with Crippen LogP contribution in [0.15, 0.2) is 4.99 Å². The van der Waals surface area contributed by atoms with Crippen molar-refractivity contribution >= 4 is 5.90 Å². The van der Waals surface area contributed by atoms with E-state index in [9.17, 15) is 0 Å². The van der Waals surface area contributed by atoms with E-state index in [2.05, 4.69) is 10.5 Å². The van der Waals surface area contributed by atoms with E-state index >= 15 is 0 Å². The Kier molecular flexibility index (Phi) is 3.32. The van der Waals surface area contributed by atoms with Crippen LogP contribution in [0.3, 0.4) is 0 Å². The fourth-order valence-electron chi connectivity index (χ4n) is 0.193. The molecule has 3 nitrogen and oxygen atoms in total. The van der Waals surface area contributed by atoms with E-state index < -0.39 is 0 Å². The van der Waals surface area contributed by atoms with Gasteiger partial charge in [-0.25, -0.2) is 0 Å². The van der Waals surface area contributed by atoms with Crippen LogP contribution in [0.4, 0.5) is 0 Å². The average molecular weight is 102 g/mol. The molecule has 0 aliphatic rings. The summed E-state index contributed by atoms with van der Waals surface area (Å²) < 4.78 is 0. The lowest BCUT2D eigenvalue weighted by molar-refractivity contribution is 0.206. The Hall–Kier alpha value is -0.570. The van der Waals surface area contributed by atoms with Gasteiger partial charge in [0.25, 0.3) is 0 Å². The van der Waals surface area contributed by atoms with Gasteiger partial charge in [-0.1, -0.05) is 0 Å². The Balaban J connectivity index is 3.17. The first-order valence-electron chi connectivity index (χ1n) is 2.08. The minimum atomic E-state index is 0.641. The van der Waals surface area contributed by atoms with Gasteiger partial charge in [-0.15, -0.1) is 0 Å². The molecule has 0 atom stereocenters. The Morgan fingerprint density at radius 3 is 2.43 bits per heavy atom. The molecule has 0 radical (unpaired) electrons. The first-order valence-corrected chi connectivity index (χ1v) is 2.08. The molecule has 42 valence electrons. The van der Waals surface area contributed by atoms with Crippen LogP contribution in [-0.2, 0) is 4.84 Å².